The molecule has 11 nitrogen and oxygen atoms in total. The quantitative estimate of drug-likeness (QED) is 0.133. The molecule has 5 heterocycles. The van der Waals surface area contributed by atoms with Gasteiger partial charge in [-0.05, 0) is 99.2 Å². The van der Waals surface area contributed by atoms with Crippen LogP contribution in [-0.2, 0) is 13.0 Å². The Bertz CT molecular complexity index is 2640. The topological polar surface area (TPSA) is 120 Å². The lowest BCUT2D eigenvalue weighted by Gasteiger charge is -2.36. The average Bonchev–Trinajstić information content (AvgIpc) is 3.69. The highest BCUT2D eigenvalue weighted by Crippen LogP contribution is 2.37. The summed E-state index contributed by atoms with van der Waals surface area (Å²) < 4.78 is 31.7. The van der Waals surface area contributed by atoms with Crippen LogP contribution in [0.5, 0.6) is 0 Å². The number of piperazine rings is 1. The van der Waals surface area contributed by atoms with Gasteiger partial charge in [0.1, 0.15) is 23.2 Å². The van der Waals surface area contributed by atoms with Crippen molar-refractivity contribution in [3.63, 3.8) is 0 Å². The fraction of sp³-hybridized carbons (Fsp3) is 0.295. The smallest absolute Gasteiger partial charge is 0.229 e. The Kier molecular flexibility index (Phi) is 9.49. The van der Waals surface area contributed by atoms with Crippen LogP contribution in [-0.4, -0.2) is 66.5 Å². The zero-order chi connectivity index (χ0) is 39.4. The molecule has 57 heavy (non-hydrogen) atoms. The normalized spacial score (nSPS) is 14.9. The molecule has 0 saturated carbocycles. The van der Waals surface area contributed by atoms with Crippen LogP contribution < -0.4 is 15.6 Å². The zero-order valence-electron chi connectivity index (χ0n) is 32.5. The molecule has 0 unspecified atom stereocenters. The number of carbonyl (C=O) groups excluding carboxylic acids is 1. The van der Waals surface area contributed by atoms with E-state index in [-0.39, 0.29) is 23.5 Å². The standard InChI is InChI=1S/C44H44F2N10O/c1-25(2)56-27(4)50-41-26(3)18-30(19-37(41)56)43-35(46)24-48-44(53-43)52-39-13-12-32(23-47-39)54-14-16-55(17-15-54)49-22-28-8-10-29(11-9-28)42-33-6-5-7-38(57)34-20-31(45)21-36(51-42)40(33)34/h8-13,18-21,23-25,49,51H,5-7,14-17,22H2,1-4H3,(H,47,48,52,53). The van der Waals surface area contributed by atoms with Crippen molar-refractivity contribution in [3.8, 4) is 22.5 Å². The molecule has 4 aromatic heterocycles. The number of hydrogen-bond donors (Lipinski definition) is 3. The fourth-order valence-electron chi connectivity index (χ4n) is 8.42. The molecule has 13 heteroatoms. The van der Waals surface area contributed by atoms with Crippen LogP contribution in [0.1, 0.15) is 65.6 Å². The van der Waals surface area contributed by atoms with Gasteiger partial charge in [0.2, 0.25) is 5.95 Å². The number of Topliss-reactive ketones (excluding diaryl/α,β-unsaturated/α-hetero) is 1. The second kappa shape index (κ2) is 14.8. The number of aromatic amines is 1. The summed E-state index contributed by atoms with van der Waals surface area (Å²) in [5, 5.41) is 6.26. The van der Waals surface area contributed by atoms with E-state index in [0.29, 0.717) is 35.4 Å². The Morgan fingerprint density at radius 3 is 2.44 bits per heavy atom. The SMILES string of the molecule is Cc1cc(-c2nc(Nc3ccc(N4CCN(NCc5ccc(-c6[nH]c7cc(F)cc8c7c6CCCC8=O)cc5)CC4)cn3)ncc2F)cc2c1nc(C)n2C(C)C. The molecule has 1 saturated heterocycles. The van der Waals surface area contributed by atoms with Gasteiger partial charge in [0.15, 0.2) is 11.6 Å². The highest BCUT2D eigenvalue weighted by Gasteiger charge is 2.24. The van der Waals surface area contributed by atoms with Crippen molar-refractivity contribution in [2.45, 2.75) is 59.5 Å². The minimum Gasteiger partial charge on any atom is -0.368 e. The number of pyridine rings is 1. The molecule has 290 valence electrons. The van der Waals surface area contributed by atoms with Gasteiger partial charge in [-0.25, -0.2) is 33.7 Å². The average molecular weight is 767 g/mol. The number of H-pyrrole nitrogens is 1. The lowest BCUT2D eigenvalue weighted by atomic mass is 9.99. The van der Waals surface area contributed by atoms with Crippen molar-refractivity contribution in [1.82, 2.24) is 39.9 Å². The molecule has 9 rings (SSSR count). The minimum atomic E-state index is -0.499. The van der Waals surface area contributed by atoms with Crippen LogP contribution >= 0.6 is 0 Å². The molecule has 0 bridgehead atoms. The molecule has 0 amide bonds. The molecule has 3 aromatic carbocycles. The second-order valence-corrected chi connectivity index (χ2v) is 15.3. The van der Waals surface area contributed by atoms with Gasteiger partial charge in [0.05, 0.1) is 29.1 Å². The van der Waals surface area contributed by atoms with E-state index in [1.807, 2.05) is 44.3 Å². The van der Waals surface area contributed by atoms with Crippen molar-refractivity contribution < 1.29 is 13.6 Å². The molecule has 1 aliphatic carbocycles. The molecular formula is C44H44F2N10O. The molecule has 7 aromatic rings. The number of rotatable bonds is 9. The predicted octanol–water partition coefficient (Wildman–Crippen LogP) is 8.60. The number of fused-ring (bicyclic) bond motifs is 1. The summed E-state index contributed by atoms with van der Waals surface area (Å²) in [6.45, 7) is 12.2. The minimum absolute atomic E-state index is 0.00728. The Morgan fingerprint density at radius 2 is 1.68 bits per heavy atom. The van der Waals surface area contributed by atoms with Crippen molar-refractivity contribution in [2.24, 2.45) is 0 Å². The first-order chi connectivity index (χ1) is 27.6. The van der Waals surface area contributed by atoms with Crippen molar-refractivity contribution in [1.29, 1.82) is 0 Å². The van der Waals surface area contributed by atoms with Crippen molar-refractivity contribution >= 4 is 45.2 Å². The van der Waals surface area contributed by atoms with Gasteiger partial charge in [0, 0.05) is 72.9 Å². The largest absolute Gasteiger partial charge is 0.368 e. The summed E-state index contributed by atoms with van der Waals surface area (Å²) in [6.07, 6.45) is 5.00. The molecule has 0 radical (unpaired) electrons. The third kappa shape index (κ3) is 7.02. The van der Waals surface area contributed by atoms with Gasteiger partial charge in [-0.15, -0.1) is 0 Å². The van der Waals surface area contributed by atoms with Gasteiger partial charge in [-0.1, -0.05) is 24.3 Å². The number of imidazole rings is 1. The maximum Gasteiger partial charge on any atom is 0.229 e. The molecule has 1 fully saturated rings. The number of hydrazine groups is 1. The van der Waals surface area contributed by atoms with Crippen molar-refractivity contribution in [3.05, 3.63) is 113 Å². The van der Waals surface area contributed by atoms with Crippen LogP contribution in [0.4, 0.5) is 26.2 Å². The van der Waals surface area contributed by atoms with E-state index in [4.69, 9.17) is 4.98 Å². The van der Waals surface area contributed by atoms with Crippen LogP contribution in [0, 0.1) is 25.5 Å². The summed E-state index contributed by atoms with van der Waals surface area (Å²) in [4.78, 5) is 36.5. The third-order valence-corrected chi connectivity index (χ3v) is 11.2. The molecule has 3 N–H and O–H groups in total. The Hall–Kier alpha value is -6.05. The first-order valence-corrected chi connectivity index (χ1v) is 19.5. The molecule has 1 aliphatic heterocycles. The monoisotopic (exact) mass is 766 g/mol. The van der Waals surface area contributed by atoms with E-state index in [9.17, 15) is 9.18 Å². The van der Waals surface area contributed by atoms with Gasteiger partial charge in [-0.3, -0.25) is 10.2 Å². The highest BCUT2D eigenvalue weighted by atomic mass is 19.1. The number of benzene rings is 3. The summed E-state index contributed by atoms with van der Waals surface area (Å²) >= 11 is 0. The van der Waals surface area contributed by atoms with Crippen molar-refractivity contribution in [2.75, 3.05) is 36.4 Å². The summed E-state index contributed by atoms with van der Waals surface area (Å²) in [5.74, 6) is 0.861. The highest BCUT2D eigenvalue weighted by molar-refractivity contribution is 6.11. The number of nitrogens with zero attached hydrogens (tertiary/aromatic N) is 7. The van der Waals surface area contributed by atoms with E-state index in [0.717, 1.165) is 94.9 Å². The lowest BCUT2D eigenvalue weighted by Crippen LogP contribution is -2.51. The summed E-state index contributed by atoms with van der Waals surface area (Å²) in [7, 11) is 0. The maximum absolute atomic E-state index is 15.2. The van der Waals surface area contributed by atoms with Gasteiger partial charge in [0.25, 0.3) is 0 Å². The van der Waals surface area contributed by atoms with E-state index < -0.39 is 11.6 Å². The Morgan fingerprint density at radius 1 is 0.877 bits per heavy atom. The lowest BCUT2D eigenvalue weighted by molar-refractivity contribution is 0.0982. The number of nitrogens with one attached hydrogen (secondary N) is 3. The van der Waals surface area contributed by atoms with Crippen LogP contribution in [0.25, 0.3) is 44.5 Å². The van der Waals surface area contributed by atoms with Gasteiger partial charge >= 0.3 is 0 Å². The second-order valence-electron chi connectivity index (χ2n) is 15.3. The van der Waals surface area contributed by atoms with E-state index >= 15 is 4.39 Å². The first-order valence-electron chi connectivity index (χ1n) is 19.5. The van der Waals surface area contributed by atoms with E-state index in [1.54, 1.807) is 0 Å². The number of aryl methyl sites for hydroxylation is 3. The van der Waals surface area contributed by atoms with Crippen LogP contribution in [0.3, 0.4) is 0 Å². The molecule has 0 spiro atoms. The fourth-order valence-corrected chi connectivity index (χ4v) is 8.42. The number of hydrogen-bond acceptors (Lipinski definition) is 9. The Balaban J connectivity index is 0.807. The van der Waals surface area contributed by atoms with Crippen LogP contribution in [0.2, 0.25) is 0 Å². The van der Waals surface area contributed by atoms with E-state index in [2.05, 4.69) is 83.3 Å². The third-order valence-electron chi connectivity index (χ3n) is 11.2. The number of carbonyl (C=O) groups is 1. The van der Waals surface area contributed by atoms with E-state index in [1.165, 1.54) is 18.3 Å². The summed E-state index contributed by atoms with van der Waals surface area (Å²) in [5.41, 5.74) is 13.7. The predicted molar refractivity (Wildman–Crippen MR) is 220 cm³/mol. The Labute approximate surface area is 329 Å². The first kappa shape index (κ1) is 36.6. The molecule has 0 atom stereocenters. The summed E-state index contributed by atoms with van der Waals surface area (Å²) in [6, 6.07) is 19.3. The van der Waals surface area contributed by atoms with Crippen LogP contribution in [0.15, 0.2) is 73.1 Å². The maximum atomic E-state index is 15.2. The van der Waals surface area contributed by atoms with Gasteiger partial charge < -0.3 is 19.8 Å². The molecule has 2 aliphatic rings. The zero-order valence-corrected chi connectivity index (χ0v) is 32.5. The number of aromatic nitrogens is 6. The molecular weight excluding hydrogens is 723 g/mol. The number of anilines is 3. The number of ketones is 1. The number of halogens is 2. The van der Waals surface area contributed by atoms with Gasteiger partial charge in [-0.2, -0.15) is 0 Å².